The molecule has 2 nitrogen and oxygen atoms in total. The molecule has 0 spiro atoms. The first-order valence-corrected chi connectivity index (χ1v) is 4.85. The molecule has 0 radical (unpaired) electrons. The van der Waals surface area contributed by atoms with Crippen LogP contribution < -0.4 is 5.32 Å². The maximum atomic E-state index is 10.2. The van der Waals surface area contributed by atoms with Gasteiger partial charge in [-0.2, -0.15) is 0 Å². The zero-order valence-corrected chi connectivity index (χ0v) is 7.05. The van der Waals surface area contributed by atoms with Crippen molar-refractivity contribution < 1.29 is 10.4 Å². The van der Waals surface area contributed by atoms with Gasteiger partial charge in [0.15, 0.2) is 0 Å². The van der Waals surface area contributed by atoms with E-state index in [9.17, 15) is 5.11 Å². The number of aliphatic hydroxyl groups is 1. The molecular formula is C9H18NO+. The molecule has 1 aliphatic heterocycles. The van der Waals surface area contributed by atoms with Gasteiger partial charge >= 0.3 is 0 Å². The topological polar surface area (TPSA) is 36.8 Å². The van der Waals surface area contributed by atoms with Crippen LogP contribution in [-0.2, 0) is 0 Å². The second kappa shape index (κ2) is 2.76. The average Bonchev–Trinajstić information content (AvgIpc) is 2.03. The van der Waals surface area contributed by atoms with Crippen LogP contribution in [0, 0.1) is 5.92 Å². The Balaban J connectivity index is 2.06. The predicted molar refractivity (Wildman–Crippen MR) is 43.2 cm³/mol. The van der Waals surface area contributed by atoms with E-state index in [0.717, 1.165) is 25.9 Å². The minimum Gasteiger partial charge on any atom is -0.389 e. The molecule has 11 heavy (non-hydrogen) atoms. The summed E-state index contributed by atoms with van der Waals surface area (Å²) in [5.74, 6) is 0.602. The van der Waals surface area contributed by atoms with E-state index in [1.165, 1.54) is 19.3 Å². The number of nitrogens with two attached hydrogens (primary N) is 1. The van der Waals surface area contributed by atoms with Gasteiger partial charge in [-0.3, -0.25) is 0 Å². The average molecular weight is 156 g/mol. The zero-order chi connectivity index (χ0) is 7.73. The summed E-state index contributed by atoms with van der Waals surface area (Å²) in [6, 6.07) is 0. The molecule has 2 aliphatic rings. The summed E-state index contributed by atoms with van der Waals surface area (Å²) in [5, 5.41) is 12.5. The fraction of sp³-hybridized carbons (Fsp3) is 1.00. The number of rotatable bonds is 0. The normalized spacial score (nSPS) is 45.0. The van der Waals surface area contributed by atoms with Gasteiger partial charge in [-0.05, 0) is 12.8 Å². The standard InChI is InChI=1S/C9H17NO/c11-9-4-2-1-3-8(9)7-10-6-5-9/h8,10-11H,1-7H2/p+1/t8-,9+/m0/s1. The van der Waals surface area contributed by atoms with Crippen molar-refractivity contribution in [2.45, 2.75) is 37.7 Å². The summed E-state index contributed by atoms with van der Waals surface area (Å²) in [6.45, 7) is 2.30. The molecule has 1 heterocycles. The fourth-order valence-corrected chi connectivity index (χ4v) is 2.63. The SMILES string of the molecule is O[C@@]12CCCC[C@H]1C[NH2+]CC2. The van der Waals surface area contributed by atoms with Crippen LogP contribution in [-0.4, -0.2) is 23.8 Å². The van der Waals surface area contributed by atoms with Gasteiger partial charge in [0.2, 0.25) is 0 Å². The van der Waals surface area contributed by atoms with E-state index in [2.05, 4.69) is 5.32 Å². The summed E-state index contributed by atoms with van der Waals surface area (Å²) >= 11 is 0. The smallest absolute Gasteiger partial charge is 0.0811 e. The van der Waals surface area contributed by atoms with Gasteiger partial charge in [-0.1, -0.05) is 12.8 Å². The van der Waals surface area contributed by atoms with Crippen molar-refractivity contribution in [1.29, 1.82) is 0 Å². The molecule has 0 aromatic rings. The number of fused-ring (bicyclic) bond motifs is 1. The Morgan fingerprint density at radius 2 is 2.18 bits per heavy atom. The van der Waals surface area contributed by atoms with Crippen LogP contribution in [0.25, 0.3) is 0 Å². The van der Waals surface area contributed by atoms with E-state index in [-0.39, 0.29) is 5.60 Å². The van der Waals surface area contributed by atoms with Gasteiger partial charge in [-0.15, -0.1) is 0 Å². The summed E-state index contributed by atoms with van der Waals surface area (Å²) in [5.41, 5.74) is -0.257. The number of quaternary nitrogens is 1. The maximum Gasteiger partial charge on any atom is 0.0811 e. The lowest BCUT2D eigenvalue weighted by atomic mass is 9.72. The molecule has 3 N–H and O–H groups in total. The van der Waals surface area contributed by atoms with Gasteiger partial charge in [0.1, 0.15) is 0 Å². The van der Waals surface area contributed by atoms with E-state index < -0.39 is 0 Å². The van der Waals surface area contributed by atoms with Crippen molar-refractivity contribution in [2.75, 3.05) is 13.1 Å². The first-order valence-electron chi connectivity index (χ1n) is 4.85. The van der Waals surface area contributed by atoms with Crippen LogP contribution >= 0.6 is 0 Å². The van der Waals surface area contributed by atoms with Crippen molar-refractivity contribution in [2.24, 2.45) is 5.92 Å². The monoisotopic (exact) mass is 156 g/mol. The summed E-state index contributed by atoms with van der Waals surface area (Å²) < 4.78 is 0. The first kappa shape index (κ1) is 7.56. The molecule has 2 fully saturated rings. The van der Waals surface area contributed by atoms with Gasteiger partial charge in [0.25, 0.3) is 0 Å². The third-order valence-corrected chi connectivity index (χ3v) is 3.40. The molecule has 1 saturated heterocycles. The molecule has 0 aromatic heterocycles. The van der Waals surface area contributed by atoms with Crippen LogP contribution in [0.1, 0.15) is 32.1 Å². The van der Waals surface area contributed by atoms with Crippen molar-refractivity contribution in [1.82, 2.24) is 0 Å². The zero-order valence-electron chi connectivity index (χ0n) is 7.05. The van der Waals surface area contributed by atoms with Crippen LogP contribution in [0.4, 0.5) is 0 Å². The highest BCUT2D eigenvalue weighted by Crippen LogP contribution is 2.36. The van der Waals surface area contributed by atoms with Gasteiger partial charge in [0, 0.05) is 12.3 Å². The summed E-state index contributed by atoms with van der Waals surface area (Å²) in [4.78, 5) is 0. The van der Waals surface area contributed by atoms with Crippen molar-refractivity contribution in [3.63, 3.8) is 0 Å². The van der Waals surface area contributed by atoms with E-state index in [4.69, 9.17) is 0 Å². The number of piperidine rings is 1. The van der Waals surface area contributed by atoms with Crippen LogP contribution in [0.5, 0.6) is 0 Å². The Bertz CT molecular complexity index is 134. The van der Waals surface area contributed by atoms with E-state index in [1.807, 2.05) is 0 Å². The maximum absolute atomic E-state index is 10.2. The quantitative estimate of drug-likeness (QED) is 0.504. The molecule has 1 saturated carbocycles. The molecule has 0 bridgehead atoms. The lowest BCUT2D eigenvalue weighted by Crippen LogP contribution is -2.90. The minimum absolute atomic E-state index is 0.257. The van der Waals surface area contributed by atoms with E-state index in [0.29, 0.717) is 5.92 Å². The molecule has 0 unspecified atom stereocenters. The molecule has 2 rings (SSSR count). The molecule has 64 valence electrons. The second-order valence-electron chi connectivity index (χ2n) is 4.11. The fourth-order valence-electron chi connectivity index (χ4n) is 2.63. The van der Waals surface area contributed by atoms with Crippen molar-refractivity contribution in [3.8, 4) is 0 Å². The second-order valence-corrected chi connectivity index (χ2v) is 4.11. The minimum atomic E-state index is -0.257. The molecule has 2 atom stereocenters. The lowest BCUT2D eigenvalue weighted by molar-refractivity contribution is -0.676. The Kier molecular flexibility index (Phi) is 1.90. The summed E-state index contributed by atoms with van der Waals surface area (Å²) in [6.07, 6.45) is 5.92. The van der Waals surface area contributed by atoms with E-state index in [1.54, 1.807) is 0 Å². The molecular weight excluding hydrogens is 138 g/mol. The van der Waals surface area contributed by atoms with Crippen LogP contribution in [0.15, 0.2) is 0 Å². The Labute approximate surface area is 68.0 Å². The third-order valence-electron chi connectivity index (χ3n) is 3.40. The summed E-state index contributed by atoms with van der Waals surface area (Å²) in [7, 11) is 0. The number of hydrogen-bond donors (Lipinski definition) is 2. The Morgan fingerprint density at radius 3 is 3.00 bits per heavy atom. The number of hydrogen-bond acceptors (Lipinski definition) is 1. The molecule has 0 aromatic carbocycles. The molecule has 0 amide bonds. The van der Waals surface area contributed by atoms with E-state index >= 15 is 0 Å². The highest BCUT2D eigenvalue weighted by Gasteiger charge is 2.42. The Morgan fingerprint density at radius 1 is 1.27 bits per heavy atom. The van der Waals surface area contributed by atoms with Gasteiger partial charge < -0.3 is 10.4 Å². The third kappa shape index (κ3) is 1.30. The predicted octanol–water partition coefficient (Wildman–Crippen LogP) is -0.125. The van der Waals surface area contributed by atoms with Crippen LogP contribution in [0.2, 0.25) is 0 Å². The van der Waals surface area contributed by atoms with Crippen LogP contribution in [0.3, 0.4) is 0 Å². The van der Waals surface area contributed by atoms with Crippen molar-refractivity contribution in [3.05, 3.63) is 0 Å². The largest absolute Gasteiger partial charge is 0.389 e. The van der Waals surface area contributed by atoms with Crippen molar-refractivity contribution >= 4 is 0 Å². The highest BCUT2D eigenvalue weighted by molar-refractivity contribution is 4.90. The first-order chi connectivity index (χ1) is 5.31. The lowest BCUT2D eigenvalue weighted by Gasteiger charge is -2.41. The highest BCUT2D eigenvalue weighted by atomic mass is 16.3. The van der Waals surface area contributed by atoms with Gasteiger partial charge in [-0.25, -0.2) is 0 Å². The Hall–Kier alpha value is -0.0800. The molecule has 2 heteroatoms. The van der Waals surface area contributed by atoms with Gasteiger partial charge in [0.05, 0.1) is 18.7 Å². The molecule has 1 aliphatic carbocycles.